The van der Waals surface area contributed by atoms with E-state index < -0.39 is 11.9 Å². The van der Waals surface area contributed by atoms with E-state index in [1.54, 1.807) is 38.1 Å². The number of hydrogen-bond donors (Lipinski definition) is 0. The van der Waals surface area contributed by atoms with Crippen molar-refractivity contribution in [3.05, 3.63) is 29.8 Å². The zero-order chi connectivity index (χ0) is 17.1. The normalized spacial score (nSPS) is 11.2. The van der Waals surface area contributed by atoms with Gasteiger partial charge in [0.1, 0.15) is 11.7 Å². The Labute approximate surface area is 136 Å². The summed E-state index contributed by atoms with van der Waals surface area (Å²) in [5.41, 5.74) is 0.464. The molecule has 0 amide bonds. The Morgan fingerprint density at radius 1 is 1.13 bits per heavy atom. The lowest BCUT2D eigenvalue weighted by Gasteiger charge is -2.09. The van der Waals surface area contributed by atoms with Crippen LogP contribution >= 0.6 is 0 Å². The molecule has 6 nitrogen and oxygen atoms in total. The standard InChI is InChI=1S/C17H21NO5/c1-3-21-16(19)13-7-9-15(10-8-13)23-11-5-6-14(12-18)17(20)22-4-2/h7-10,14H,3-6,11H2,1-2H3/t14-/m0/s1. The molecule has 23 heavy (non-hydrogen) atoms. The fraction of sp³-hybridized carbons (Fsp3) is 0.471. The Balaban J connectivity index is 2.37. The first-order chi connectivity index (χ1) is 11.1. The first kappa shape index (κ1) is 18.5. The molecule has 124 valence electrons. The van der Waals surface area contributed by atoms with Gasteiger partial charge in [-0.25, -0.2) is 4.79 Å². The molecular formula is C17H21NO5. The van der Waals surface area contributed by atoms with Crippen molar-refractivity contribution in [1.29, 1.82) is 5.26 Å². The highest BCUT2D eigenvalue weighted by molar-refractivity contribution is 5.89. The van der Waals surface area contributed by atoms with Crippen molar-refractivity contribution in [2.24, 2.45) is 5.92 Å². The second-order valence-corrected chi connectivity index (χ2v) is 4.67. The Hall–Kier alpha value is -2.55. The van der Waals surface area contributed by atoms with Crippen LogP contribution in [0.3, 0.4) is 0 Å². The zero-order valence-corrected chi connectivity index (χ0v) is 13.4. The van der Waals surface area contributed by atoms with E-state index in [-0.39, 0.29) is 12.6 Å². The number of nitriles is 1. The maximum atomic E-state index is 11.5. The molecule has 0 radical (unpaired) electrons. The highest BCUT2D eigenvalue weighted by atomic mass is 16.5. The Kier molecular flexibility index (Phi) is 8.22. The second-order valence-electron chi connectivity index (χ2n) is 4.67. The van der Waals surface area contributed by atoms with Crippen LogP contribution in [-0.4, -0.2) is 31.8 Å². The van der Waals surface area contributed by atoms with Crippen molar-refractivity contribution >= 4 is 11.9 Å². The summed E-state index contributed by atoms with van der Waals surface area (Å²) in [6.45, 7) is 4.42. The van der Waals surface area contributed by atoms with Gasteiger partial charge in [0.25, 0.3) is 0 Å². The van der Waals surface area contributed by atoms with Crippen molar-refractivity contribution in [3.63, 3.8) is 0 Å². The molecule has 0 spiro atoms. The van der Waals surface area contributed by atoms with Crippen LogP contribution in [0.1, 0.15) is 37.0 Å². The van der Waals surface area contributed by atoms with Crippen LogP contribution in [0.2, 0.25) is 0 Å². The summed E-state index contributed by atoms with van der Waals surface area (Å²) in [7, 11) is 0. The maximum absolute atomic E-state index is 11.5. The number of rotatable bonds is 9. The van der Waals surface area contributed by atoms with Crippen molar-refractivity contribution in [2.45, 2.75) is 26.7 Å². The quantitative estimate of drug-likeness (QED) is 0.514. The Bertz CT molecular complexity index is 547. The molecule has 6 heteroatoms. The third-order valence-electron chi connectivity index (χ3n) is 3.00. The summed E-state index contributed by atoms with van der Waals surface area (Å²) in [4.78, 5) is 23.0. The minimum atomic E-state index is -0.759. The molecule has 0 aromatic heterocycles. The predicted octanol–water partition coefficient (Wildman–Crippen LogP) is 2.73. The molecular weight excluding hydrogens is 298 g/mol. The zero-order valence-electron chi connectivity index (χ0n) is 13.4. The van der Waals surface area contributed by atoms with Gasteiger partial charge in [0.2, 0.25) is 0 Å². The third-order valence-corrected chi connectivity index (χ3v) is 3.00. The molecule has 0 unspecified atom stereocenters. The summed E-state index contributed by atoms with van der Waals surface area (Å²) >= 11 is 0. The van der Waals surface area contributed by atoms with Gasteiger partial charge in [0.05, 0.1) is 31.5 Å². The van der Waals surface area contributed by atoms with Crippen molar-refractivity contribution in [1.82, 2.24) is 0 Å². The molecule has 0 aliphatic rings. The minimum absolute atomic E-state index is 0.264. The van der Waals surface area contributed by atoms with Gasteiger partial charge in [-0.3, -0.25) is 4.79 Å². The van der Waals surface area contributed by atoms with E-state index in [1.165, 1.54) is 0 Å². The topological polar surface area (TPSA) is 85.6 Å². The molecule has 1 aromatic carbocycles. The SMILES string of the molecule is CCOC(=O)c1ccc(OCCC[C@@H](C#N)C(=O)OCC)cc1. The average Bonchev–Trinajstić information content (AvgIpc) is 2.56. The highest BCUT2D eigenvalue weighted by Gasteiger charge is 2.18. The fourth-order valence-electron chi connectivity index (χ4n) is 1.86. The first-order valence-corrected chi connectivity index (χ1v) is 7.58. The number of hydrogen-bond acceptors (Lipinski definition) is 6. The molecule has 0 saturated heterocycles. The first-order valence-electron chi connectivity index (χ1n) is 7.58. The average molecular weight is 319 g/mol. The highest BCUT2D eigenvalue weighted by Crippen LogP contribution is 2.14. The molecule has 1 atom stereocenters. The van der Waals surface area contributed by atoms with Crippen LogP contribution in [0.25, 0.3) is 0 Å². The summed E-state index contributed by atoms with van der Waals surface area (Å²) < 4.78 is 15.2. The number of ether oxygens (including phenoxy) is 3. The van der Waals surface area contributed by atoms with Gasteiger partial charge in [-0.1, -0.05) is 0 Å². The van der Waals surface area contributed by atoms with Gasteiger partial charge in [-0.05, 0) is 51.0 Å². The van der Waals surface area contributed by atoms with Gasteiger partial charge in [-0.2, -0.15) is 5.26 Å². The molecule has 0 saturated carbocycles. The summed E-state index contributed by atoms with van der Waals surface area (Å²) in [5.74, 6) is -1.01. The van der Waals surface area contributed by atoms with Gasteiger partial charge >= 0.3 is 11.9 Å². The second kappa shape index (κ2) is 10.2. The number of carbonyl (C=O) groups is 2. The number of carbonyl (C=O) groups excluding carboxylic acids is 2. The van der Waals surface area contributed by atoms with E-state index >= 15 is 0 Å². The van der Waals surface area contributed by atoms with E-state index in [0.717, 1.165) is 0 Å². The summed E-state index contributed by atoms with van der Waals surface area (Å²) in [6.07, 6.45) is 0.937. The third kappa shape index (κ3) is 6.39. The van der Waals surface area contributed by atoms with Crippen LogP contribution < -0.4 is 4.74 Å². The molecule has 0 fully saturated rings. The molecule has 0 bridgehead atoms. The lowest BCUT2D eigenvalue weighted by molar-refractivity contribution is -0.146. The smallest absolute Gasteiger partial charge is 0.338 e. The fourth-order valence-corrected chi connectivity index (χ4v) is 1.86. The molecule has 1 rings (SSSR count). The van der Waals surface area contributed by atoms with Crippen molar-refractivity contribution in [2.75, 3.05) is 19.8 Å². The van der Waals surface area contributed by atoms with Gasteiger partial charge in [-0.15, -0.1) is 0 Å². The summed E-state index contributed by atoms with van der Waals surface area (Å²) in [6, 6.07) is 8.55. The molecule has 0 heterocycles. The van der Waals surface area contributed by atoms with Crippen LogP contribution in [0.4, 0.5) is 0 Å². The van der Waals surface area contributed by atoms with E-state index in [9.17, 15) is 9.59 Å². The molecule has 0 aliphatic carbocycles. The number of benzene rings is 1. The minimum Gasteiger partial charge on any atom is -0.494 e. The monoisotopic (exact) mass is 319 g/mol. The van der Waals surface area contributed by atoms with Gasteiger partial charge in [0, 0.05) is 0 Å². The van der Waals surface area contributed by atoms with Gasteiger partial charge in [0.15, 0.2) is 0 Å². The van der Waals surface area contributed by atoms with E-state index in [4.69, 9.17) is 19.5 Å². The largest absolute Gasteiger partial charge is 0.494 e. The van der Waals surface area contributed by atoms with E-state index in [0.29, 0.717) is 37.4 Å². The lowest BCUT2D eigenvalue weighted by atomic mass is 10.1. The van der Waals surface area contributed by atoms with Crippen LogP contribution in [0, 0.1) is 17.2 Å². The Morgan fingerprint density at radius 3 is 2.35 bits per heavy atom. The van der Waals surface area contributed by atoms with Gasteiger partial charge < -0.3 is 14.2 Å². The predicted molar refractivity (Wildman–Crippen MR) is 82.9 cm³/mol. The molecule has 1 aromatic rings. The van der Waals surface area contributed by atoms with Crippen LogP contribution in [-0.2, 0) is 14.3 Å². The number of esters is 2. The van der Waals surface area contributed by atoms with Crippen LogP contribution in [0.15, 0.2) is 24.3 Å². The molecule has 0 N–H and O–H groups in total. The lowest BCUT2D eigenvalue weighted by Crippen LogP contribution is -2.17. The summed E-state index contributed by atoms with van der Waals surface area (Å²) in [5, 5.41) is 8.93. The van der Waals surface area contributed by atoms with E-state index in [1.807, 2.05) is 6.07 Å². The number of nitrogens with zero attached hydrogens (tertiary/aromatic N) is 1. The van der Waals surface area contributed by atoms with Crippen molar-refractivity contribution < 1.29 is 23.8 Å². The Morgan fingerprint density at radius 2 is 1.78 bits per heavy atom. The maximum Gasteiger partial charge on any atom is 0.338 e. The van der Waals surface area contributed by atoms with Crippen molar-refractivity contribution in [3.8, 4) is 11.8 Å². The van der Waals surface area contributed by atoms with E-state index in [2.05, 4.69) is 0 Å². The van der Waals surface area contributed by atoms with Crippen LogP contribution in [0.5, 0.6) is 5.75 Å². The molecule has 0 aliphatic heterocycles.